The van der Waals surface area contributed by atoms with Crippen LogP contribution in [0.5, 0.6) is 0 Å². The highest BCUT2D eigenvalue weighted by Gasteiger charge is 2.55. The van der Waals surface area contributed by atoms with Gasteiger partial charge in [-0.3, -0.25) is 0 Å². The van der Waals surface area contributed by atoms with Crippen molar-refractivity contribution in [3.63, 3.8) is 0 Å². The summed E-state index contributed by atoms with van der Waals surface area (Å²) in [5.41, 5.74) is 5.84. The standard InChI is InChI=1S/C26H35NO/c1-5-22-26(15-9-6-10-16-26)17-25(3,4)27(22)23-18(2)13-14-20-19-11-7-8-12-21(19)28-24(20)23/h7,11,13-14,22H,5-6,8-10,12,15-17H2,1-4H3. The van der Waals surface area contributed by atoms with E-state index in [0.29, 0.717) is 11.5 Å². The molecule has 0 N–H and O–H groups in total. The molecule has 1 aromatic heterocycles. The van der Waals surface area contributed by atoms with E-state index in [1.54, 1.807) is 0 Å². The number of allylic oxidation sites excluding steroid dienone is 1. The lowest BCUT2D eigenvalue weighted by Crippen LogP contribution is -2.46. The Morgan fingerprint density at radius 3 is 2.68 bits per heavy atom. The van der Waals surface area contributed by atoms with Crippen molar-refractivity contribution in [3.8, 4) is 0 Å². The van der Waals surface area contributed by atoms with Crippen LogP contribution >= 0.6 is 0 Å². The topological polar surface area (TPSA) is 16.4 Å². The summed E-state index contributed by atoms with van der Waals surface area (Å²) in [4.78, 5) is 2.80. The smallest absolute Gasteiger partial charge is 0.158 e. The summed E-state index contributed by atoms with van der Waals surface area (Å²) in [6.45, 7) is 9.63. The van der Waals surface area contributed by atoms with Gasteiger partial charge in [0.05, 0.1) is 5.69 Å². The van der Waals surface area contributed by atoms with Crippen LogP contribution in [0.2, 0.25) is 0 Å². The van der Waals surface area contributed by atoms with Crippen molar-refractivity contribution in [2.24, 2.45) is 5.41 Å². The highest BCUT2D eigenvalue weighted by Crippen LogP contribution is 2.58. The molecule has 2 heterocycles. The molecule has 1 aliphatic heterocycles. The van der Waals surface area contributed by atoms with Gasteiger partial charge in [-0.25, -0.2) is 0 Å². The highest BCUT2D eigenvalue weighted by atomic mass is 16.3. The minimum absolute atomic E-state index is 0.167. The van der Waals surface area contributed by atoms with Crippen LogP contribution in [0.25, 0.3) is 17.0 Å². The van der Waals surface area contributed by atoms with Crippen LogP contribution in [0.15, 0.2) is 22.6 Å². The first-order valence-corrected chi connectivity index (χ1v) is 11.5. The van der Waals surface area contributed by atoms with Gasteiger partial charge in [-0.1, -0.05) is 50.5 Å². The van der Waals surface area contributed by atoms with E-state index in [-0.39, 0.29) is 5.54 Å². The van der Waals surface area contributed by atoms with Crippen molar-refractivity contribution >= 4 is 22.7 Å². The summed E-state index contributed by atoms with van der Waals surface area (Å²) < 4.78 is 6.58. The van der Waals surface area contributed by atoms with Gasteiger partial charge in [-0.05, 0) is 63.9 Å². The number of anilines is 1. The Morgan fingerprint density at radius 1 is 1.14 bits per heavy atom. The summed E-state index contributed by atoms with van der Waals surface area (Å²) >= 11 is 0. The van der Waals surface area contributed by atoms with Gasteiger partial charge in [-0.2, -0.15) is 0 Å². The summed E-state index contributed by atoms with van der Waals surface area (Å²) in [5, 5.41) is 1.31. The normalized spacial score (nSPS) is 25.6. The molecule has 2 aliphatic carbocycles. The Labute approximate surface area is 170 Å². The van der Waals surface area contributed by atoms with Gasteiger partial charge < -0.3 is 9.32 Å². The Morgan fingerprint density at radius 2 is 1.93 bits per heavy atom. The average molecular weight is 378 g/mol. The first-order valence-electron chi connectivity index (χ1n) is 11.5. The molecule has 1 saturated heterocycles. The monoisotopic (exact) mass is 377 g/mol. The van der Waals surface area contributed by atoms with Crippen LogP contribution in [0.3, 0.4) is 0 Å². The van der Waals surface area contributed by atoms with Gasteiger partial charge in [-0.15, -0.1) is 0 Å². The van der Waals surface area contributed by atoms with Crippen molar-refractivity contribution in [1.82, 2.24) is 0 Å². The van der Waals surface area contributed by atoms with Crippen molar-refractivity contribution in [2.75, 3.05) is 4.90 Å². The molecular weight excluding hydrogens is 342 g/mol. The maximum absolute atomic E-state index is 6.58. The van der Waals surface area contributed by atoms with E-state index >= 15 is 0 Å². The predicted molar refractivity (Wildman–Crippen MR) is 119 cm³/mol. The number of fused-ring (bicyclic) bond motifs is 3. The van der Waals surface area contributed by atoms with Gasteiger partial charge in [0, 0.05) is 29.0 Å². The van der Waals surface area contributed by atoms with Crippen LogP contribution < -0.4 is 4.90 Å². The fraction of sp³-hybridized carbons (Fsp3) is 0.615. The minimum Gasteiger partial charge on any atom is -0.458 e. The number of hydrogen-bond acceptors (Lipinski definition) is 2. The molecule has 0 radical (unpaired) electrons. The molecule has 1 saturated carbocycles. The van der Waals surface area contributed by atoms with Gasteiger partial charge in [0.2, 0.25) is 0 Å². The van der Waals surface area contributed by atoms with Crippen LogP contribution in [0, 0.1) is 12.3 Å². The van der Waals surface area contributed by atoms with Gasteiger partial charge in [0.1, 0.15) is 5.76 Å². The fourth-order valence-electron chi connectivity index (χ4n) is 7.00. The molecule has 5 rings (SSSR count). The first-order chi connectivity index (χ1) is 13.5. The SMILES string of the molecule is CCC1N(c2c(C)ccc3c4c(oc23)CCC=C4)C(C)(C)CC12CCCCC2. The van der Waals surface area contributed by atoms with Gasteiger partial charge in [0.25, 0.3) is 0 Å². The molecule has 2 aromatic rings. The number of rotatable bonds is 2. The van der Waals surface area contributed by atoms with Crippen molar-refractivity contribution in [3.05, 3.63) is 35.1 Å². The zero-order chi connectivity index (χ0) is 19.5. The first kappa shape index (κ1) is 18.3. The molecule has 2 nitrogen and oxygen atoms in total. The maximum atomic E-state index is 6.58. The van der Waals surface area contributed by atoms with E-state index in [4.69, 9.17) is 4.42 Å². The summed E-state index contributed by atoms with van der Waals surface area (Å²) in [6, 6.07) is 5.22. The summed E-state index contributed by atoms with van der Waals surface area (Å²) in [7, 11) is 0. The number of benzene rings is 1. The van der Waals surface area contributed by atoms with E-state index in [9.17, 15) is 0 Å². The van der Waals surface area contributed by atoms with Gasteiger partial charge >= 0.3 is 0 Å². The molecular formula is C26H35NO. The molecule has 0 bridgehead atoms. The van der Waals surface area contributed by atoms with Crippen LogP contribution in [0.4, 0.5) is 5.69 Å². The molecule has 2 fully saturated rings. The number of hydrogen-bond donors (Lipinski definition) is 0. The lowest BCUT2D eigenvalue weighted by Gasteiger charge is -2.42. The Kier molecular flexibility index (Phi) is 4.19. The second kappa shape index (κ2) is 6.40. The maximum Gasteiger partial charge on any atom is 0.158 e. The Hall–Kier alpha value is -1.70. The van der Waals surface area contributed by atoms with Crippen LogP contribution in [-0.2, 0) is 6.42 Å². The second-order valence-electron chi connectivity index (χ2n) is 10.2. The lowest BCUT2D eigenvalue weighted by atomic mass is 9.67. The zero-order valence-electron chi connectivity index (χ0n) is 18.1. The molecule has 0 amide bonds. The molecule has 3 aliphatic rings. The van der Waals surface area contributed by atoms with Crippen LogP contribution in [-0.4, -0.2) is 11.6 Å². The molecule has 1 unspecified atom stereocenters. The number of aryl methyl sites for hydroxylation is 2. The predicted octanol–water partition coefficient (Wildman–Crippen LogP) is 7.42. The average Bonchev–Trinajstić information content (AvgIpc) is 3.14. The third-order valence-electron chi connectivity index (χ3n) is 7.90. The minimum atomic E-state index is 0.167. The molecule has 1 spiro atoms. The summed E-state index contributed by atoms with van der Waals surface area (Å²) in [6.07, 6.45) is 16.3. The Bertz CT molecular complexity index is 926. The molecule has 1 atom stereocenters. The number of furan rings is 1. The molecule has 150 valence electrons. The van der Waals surface area contributed by atoms with E-state index in [1.807, 2.05) is 0 Å². The van der Waals surface area contributed by atoms with Crippen molar-refractivity contribution in [1.29, 1.82) is 0 Å². The van der Waals surface area contributed by atoms with E-state index < -0.39 is 0 Å². The molecule has 28 heavy (non-hydrogen) atoms. The third-order valence-corrected chi connectivity index (χ3v) is 7.90. The highest BCUT2D eigenvalue weighted by molar-refractivity contribution is 5.98. The quantitative estimate of drug-likeness (QED) is 0.541. The van der Waals surface area contributed by atoms with Crippen molar-refractivity contribution in [2.45, 2.75) is 97.1 Å². The third kappa shape index (κ3) is 2.52. The number of nitrogens with zero attached hydrogens (tertiary/aromatic N) is 1. The largest absolute Gasteiger partial charge is 0.458 e. The molecule has 1 aromatic carbocycles. The zero-order valence-corrected chi connectivity index (χ0v) is 18.1. The van der Waals surface area contributed by atoms with E-state index in [1.165, 1.54) is 72.9 Å². The van der Waals surface area contributed by atoms with E-state index in [2.05, 4.69) is 56.9 Å². The Balaban J connectivity index is 1.71. The van der Waals surface area contributed by atoms with Crippen molar-refractivity contribution < 1.29 is 4.42 Å². The van der Waals surface area contributed by atoms with E-state index in [0.717, 1.165) is 18.4 Å². The fourth-order valence-corrected chi connectivity index (χ4v) is 7.00. The second-order valence-corrected chi connectivity index (χ2v) is 10.2. The lowest BCUT2D eigenvalue weighted by molar-refractivity contribution is 0.161. The molecule has 2 heteroatoms. The van der Waals surface area contributed by atoms with Crippen LogP contribution in [0.1, 0.15) is 89.0 Å². The van der Waals surface area contributed by atoms with Gasteiger partial charge in [0.15, 0.2) is 5.58 Å². The summed E-state index contributed by atoms with van der Waals surface area (Å²) in [5.74, 6) is 1.18.